The molecule has 0 saturated heterocycles. The first-order valence-corrected chi connectivity index (χ1v) is 22.1. The molecule has 9 aromatic carbocycles. The summed E-state index contributed by atoms with van der Waals surface area (Å²) in [6, 6.07) is 66.0. The van der Waals surface area contributed by atoms with Gasteiger partial charge in [0.2, 0.25) is 0 Å². The van der Waals surface area contributed by atoms with Crippen molar-refractivity contribution in [3.8, 4) is 45.3 Å². The number of rotatable bonds is 4. The van der Waals surface area contributed by atoms with Crippen molar-refractivity contribution in [1.29, 1.82) is 0 Å². The summed E-state index contributed by atoms with van der Waals surface area (Å²) < 4.78 is 18.0. The molecule has 0 spiro atoms. The van der Waals surface area contributed by atoms with Gasteiger partial charge in [-0.3, -0.25) is 0 Å². The molecule has 6 heterocycles. The average Bonchev–Trinajstić information content (AvgIpc) is 4.06. The molecule has 0 fully saturated rings. The zero-order valence-electron chi connectivity index (χ0n) is 35.1. The summed E-state index contributed by atoms with van der Waals surface area (Å²) in [5.41, 5.74) is 20.0. The van der Waals surface area contributed by atoms with Gasteiger partial charge in [-0.1, -0.05) is 96.1 Å². The Balaban J connectivity index is 0.977. The number of para-hydroxylation sites is 4. The molecule has 8 heteroatoms. The van der Waals surface area contributed by atoms with Crippen molar-refractivity contribution in [2.24, 2.45) is 0 Å². The summed E-state index contributed by atoms with van der Waals surface area (Å²) in [6.45, 7) is 4.24. The molecule has 0 unspecified atom stereocenters. The maximum absolute atomic E-state index is 6.42. The summed E-state index contributed by atoms with van der Waals surface area (Å²) in [4.78, 5) is 5.19. The van der Waals surface area contributed by atoms with Crippen LogP contribution in [0.3, 0.4) is 0 Å². The molecule has 64 heavy (non-hydrogen) atoms. The number of nitrogens with zero attached hydrogens (tertiary/aromatic N) is 4. The molecule has 15 rings (SSSR count). The Kier molecular flexibility index (Phi) is 6.63. The first-order chi connectivity index (χ1) is 31.6. The van der Waals surface area contributed by atoms with Gasteiger partial charge < -0.3 is 28.1 Å². The molecule has 0 saturated carbocycles. The Hall–Kier alpha value is -8.09. The fourth-order valence-corrected chi connectivity index (χ4v) is 11.7. The van der Waals surface area contributed by atoms with Gasteiger partial charge in [-0.25, -0.2) is 0 Å². The molecular formula is C56H36B2N4O2. The standard InChI is InChI=1S/C56H36B2N4O2/c1-33-19-23-49-43(27-33)41-31-48-42(32-47(41)57-59(49)53-17-9-15-39-45-29-37(63-35-11-5-3-6-12-35)21-25-51(45)61(57)55(39)53)44-28-34(2)20-24-50(44)60-54-18-10-16-40-46-30-38(64-36-13-7-4-8-14-36)22-26-52(46)62(56(40)54)58(48)60/h3-32H,1-2H3. The monoisotopic (exact) mass is 818 g/mol. The predicted molar refractivity (Wildman–Crippen MR) is 265 cm³/mol. The maximum Gasteiger partial charge on any atom is 0.421 e. The van der Waals surface area contributed by atoms with Crippen LogP contribution in [0.15, 0.2) is 182 Å². The Morgan fingerprint density at radius 3 is 1.25 bits per heavy atom. The SMILES string of the molecule is Cc1ccc2c(c1)-c1cc3c(cc1B1N2c2cccc4c5cc(Oc6ccccc6)ccc5n1c24)-c1cc(C)ccc1N1B3n2c3ccc(Oc4ccccc4)cc3c3cccc1c32. The number of benzene rings is 9. The minimum atomic E-state index is -0.0944. The molecule has 2 aromatic heterocycles. The Labute approximate surface area is 370 Å². The summed E-state index contributed by atoms with van der Waals surface area (Å²) in [5, 5.41) is 4.85. The van der Waals surface area contributed by atoms with E-state index in [1.165, 1.54) is 111 Å². The summed E-state index contributed by atoms with van der Waals surface area (Å²) in [5.74, 6) is 3.33. The van der Waals surface area contributed by atoms with Gasteiger partial charge in [-0.2, -0.15) is 0 Å². The van der Waals surface area contributed by atoms with E-state index in [0.717, 1.165) is 23.0 Å². The molecule has 0 N–H and O–H groups in total. The van der Waals surface area contributed by atoms with E-state index < -0.39 is 0 Å². The maximum atomic E-state index is 6.42. The average molecular weight is 819 g/mol. The second-order valence-corrected chi connectivity index (χ2v) is 17.8. The number of ether oxygens (including phenoxy) is 2. The van der Waals surface area contributed by atoms with Gasteiger partial charge in [0.1, 0.15) is 23.0 Å². The van der Waals surface area contributed by atoms with Gasteiger partial charge in [0.25, 0.3) is 0 Å². The highest BCUT2D eigenvalue weighted by molar-refractivity contribution is 6.85. The fraction of sp³-hybridized carbons (Fsp3) is 0.0357. The van der Waals surface area contributed by atoms with E-state index in [2.05, 4.69) is 154 Å². The van der Waals surface area contributed by atoms with Crippen LogP contribution in [0, 0.1) is 13.8 Å². The summed E-state index contributed by atoms with van der Waals surface area (Å²) in [7, 11) is 0. The number of anilines is 4. The number of hydrogen-bond acceptors (Lipinski definition) is 4. The number of aryl methyl sites for hydroxylation is 2. The normalized spacial score (nSPS) is 13.7. The van der Waals surface area contributed by atoms with Crippen molar-refractivity contribution >= 4 is 91.3 Å². The zero-order valence-corrected chi connectivity index (χ0v) is 35.1. The Bertz CT molecular complexity index is 3610. The van der Waals surface area contributed by atoms with Crippen molar-refractivity contribution in [2.45, 2.75) is 13.8 Å². The lowest BCUT2D eigenvalue weighted by atomic mass is 9.54. The van der Waals surface area contributed by atoms with Crippen molar-refractivity contribution in [1.82, 2.24) is 8.96 Å². The van der Waals surface area contributed by atoms with Crippen LogP contribution in [0.1, 0.15) is 11.1 Å². The van der Waals surface area contributed by atoms with Crippen LogP contribution in [0.5, 0.6) is 23.0 Å². The van der Waals surface area contributed by atoms with E-state index in [1.807, 2.05) is 60.7 Å². The molecule has 0 bridgehead atoms. The summed E-state index contributed by atoms with van der Waals surface area (Å²) in [6.07, 6.45) is 0. The van der Waals surface area contributed by atoms with Crippen LogP contribution in [-0.4, -0.2) is 22.9 Å². The summed E-state index contributed by atoms with van der Waals surface area (Å²) >= 11 is 0. The number of fused-ring (bicyclic) bond motifs is 22. The van der Waals surface area contributed by atoms with Crippen LogP contribution in [-0.2, 0) is 0 Å². The third-order valence-corrected chi connectivity index (χ3v) is 14.2. The lowest BCUT2D eigenvalue weighted by Crippen LogP contribution is -2.55. The number of hydrogen-bond donors (Lipinski definition) is 0. The van der Waals surface area contributed by atoms with Crippen molar-refractivity contribution in [3.63, 3.8) is 0 Å². The van der Waals surface area contributed by atoms with Crippen molar-refractivity contribution in [2.75, 3.05) is 9.62 Å². The van der Waals surface area contributed by atoms with Crippen LogP contribution in [0.2, 0.25) is 0 Å². The van der Waals surface area contributed by atoms with E-state index in [1.54, 1.807) is 0 Å². The molecule has 298 valence electrons. The van der Waals surface area contributed by atoms with Gasteiger partial charge in [0, 0.05) is 55.1 Å². The Morgan fingerprint density at radius 1 is 0.344 bits per heavy atom. The minimum Gasteiger partial charge on any atom is -0.457 e. The van der Waals surface area contributed by atoms with E-state index in [-0.39, 0.29) is 14.0 Å². The molecule has 0 amide bonds. The zero-order chi connectivity index (χ0) is 41.9. The molecule has 0 aliphatic carbocycles. The van der Waals surface area contributed by atoms with Crippen LogP contribution in [0.4, 0.5) is 22.7 Å². The molecule has 0 atom stereocenters. The third kappa shape index (κ3) is 4.46. The lowest BCUT2D eigenvalue weighted by molar-refractivity contribution is 0.483. The van der Waals surface area contributed by atoms with E-state index in [9.17, 15) is 0 Å². The highest BCUT2D eigenvalue weighted by atomic mass is 16.5. The second kappa shape index (κ2) is 12.3. The smallest absolute Gasteiger partial charge is 0.421 e. The molecule has 4 aliphatic rings. The van der Waals surface area contributed by atoms with E-state index in [4.69, 9.17) is 9.47 Å². The molecule has 0 radical (unpaired) electrons. The first-order valence-electron chi connectivity index (χ1n) is 22.1. The third-order valence-electron chi connectivity index (χ3n) is 14.2. The van der Waals surface area contributed by atoms with Crippen LogP contribution in [0.25, 0.3) is 65.9 Å². The van der Waals surface area contributed by atoms with Crippen molar-refractivity contribution in [3.05, 3.63) is 193 Å². The molecular weight excluding hydrogens is 782 g/mol. The van der Waals surface area contributed by atoms with E-state index in [0.29, 0.717) is 0 Å². The molecule has 4 aliphatic heterocycles. The second-order valence-electron chi connectivity index (χ2n) is 17.8. The van der Waals surface area contributed by atoms with Gasteiger partial charge in [-0.05, 0) is 133 Å². The van der Waals surface area contributed by atoms with Gasteiger partial charge >= 0.3 is 14.0 Å². The van der Waals surface area contributed by atoms with Gasteiger partial charge in [0.15, 0.2) is 0 Å². The van der Waals surface area contributed by atoms with Crippen molar-refractivity contribution < 1.29 is 9.47 Å². The van der Waals surface area contributed by atoms with E-state index >= 15 is 0 Å². The van der Waals surface area contributed by atoms with Crippen LogP contribution < -0.4 is 30.0 Å². The highest BCUT2D eigenvalue weighted by Gasteiger charge is 2.49. The largest absolute Gasteiger partial charge is 0.457 e. The lowest BCUT2D eigenvalue weighted by Gasteiger charge is -2.39. The quantitative estimate of drug-likeness (QED) is 0.166. The predicted octanol–water partition coefficient (Wildman–Crippen LogP) is 12.9. The molecule has 11 aromatic rings. The highest BCUT2D eigenvalue weighted by Crippen LogP contribution is 2.53. The first kappa shape index (κ1) is 34.5. The number of aromatic nitrogens is 2. The topological polar surface area (TPSA) is 34.8 Å². The van der Waals surface area contributed by atoms with Gasteiger partial charge in [-0.15, -0.1) is 0 Å². The molecule has 6 nitrogen and oxygen atoms in total. The Morgan fingerprint density at radius 2 is 0.797 bits per heavy atom. The minimum absolute atomic E-state index is 0.0944. The fourth-order valence-electron chi connectivity index (χ4n) is 11.7. The van der Waals surface area contributed by atoms with Crippen LogP contribution >= 0.6 is 0 Å². The van der Waals surface area contributed by atoms with Gasteiger partial charge in [0.05, 0.1) is 22.4 Å².